The summed E-state index contributed by atoms with van der Waals surface area (Å²) in [6, 6.07) is -0.103. The highest BCUT2D eigenvalue weighted by Gasteiger charge is 2.21. The average molecular weight is 310 g/mol. The molecule has 2 aromatic rings. The van der Waals surface area contributed by atoms with Crippen molar-refractivity contribution in [3.8, 4) is 0 Å². The number of carboxylic acid groups (broad SMARTS) is 1. The zero-order valence-electron chi connectivity index (χ0n) is 12.1. The number of hydrogen-bond donors (Lipinski definition) is 3. The Hall–Kier alpha value is -1.80. The molecular weight excluding hydrogens is 292 g/mol. The van der Waals surface area contributed by atoms with Crippen molar-refractivity contribution in [3.63, 3.8) is 0 Å². The van der Waals surface area contributed by atoms with Gasteiger partial charge in [-0.25, -0.2) is 9.78 Å². The van der Waals surface area contributed by atoms with E-state index in [0.29, 0.717) is 16.7 Å². The summed E-state index contributed by atoms with van der Waals surface area (Å²) >= 11 is 1.53. The number of aryl methyl sites for hydroxylation is 1. The van der Waals surface area contributed by atoms with Crippen molar-refractivity contribution in [2.45, 2.75) is 18.2 Å². The first kappa shape index (κ1) is 15.6. The summed E-state index contributed by atoms with van der Waals surface area (Å²) in [5.74, 6) is -1.05. The molecule has 21 heavy (non-hydrogen) atoms. The van der Waals surface area contributed by atoms with Crippen molar-refractivity contribution in [2.75, 3.05) is 18.2 Å². The second-order valence-electron chi connectivity index (χ2n) is 4.75. The number of aromatic nitrogens is 3. The van der Waals surface area contributed by atoms with Gasteiger partial charge in [-0.1, -0.05) is 0 Å². The van der Waals surface area contributed by atoms with Crippen LogP contribution in [0.15, 0.2) is 12.4 Å². The van der Waals surface area contributed by atoms with Gasteiger partial charge in [-0.3, -0.25) is 4.68 Å². The standard InChI is InChI=1S/C13H18N4O3S/c1-7(10(6-18)21-3)16-11-8-5-15-17(2)12(8)14-4-9(11)13(19)20/h4-5,7,10,18H,6H2,1-3H3,(H,14,16)(H,19,20). The highest BCUT2D eigenvalue weighted by Crippen LogP contribution is 2.27. The molecule has 7 nitrogen and oxygen atoms in total. The van der Waals surface area contributed by atoms with Gasteiger partial charge >= 0.3 is 5.97 Å². The maximum absolute atomic E-state index is 11.4. The molecule has 0 spiro atoms. The molecule has 0 aliphatic heterocycles. The van der Waals surface area contributed by atoms with E-state index in [-0.39, 0.29) is 23.5 Å². The molecule has 0 aliphatic rings. The Morgan fingerprint density at radius 1 is 1.52 bits per heavy atom. The second kappa shape index (κ2) is 6.31. The molecule has 0 saturated carbocycles. The highest BCUT2D eigenvalue weighted by atomic mass is 32.2. The van der Waals surface area contributed by atoms with Crippen LogP contribution in [0.3, 0.4) is 0 Å². The SMILES string of the molecule is CSC(CO)C(C)Nc1c(C(=O)O)cnc2c1cnn2C. The van der Waals surface area contributed by atoms with Crippen LogP contribution in [0.2, 0.25) is 0 Å². The number of pyridine rings is 1. The van der Waals surface area contributed by atoms with Gasteiger partial charge in [-0.05, 0) is 13.2 Å². The lowest BCUT2D eigenvalue weighted by Crippen LogP contribution is -2.31. The number of carboxylic acids is 1. The fourth-order valence-electron chi connectivity index (χ4n) is 2.17. The van der Waals surface area contributed by atoms with E-state index in [4.69, 9.17) is 0 Å². The molecule has 0 saturated heterocycles. The Balaban J connectivity index is 2.49. The molecule has 3 N–H and O–H groups in total. The number of nitrogens with zero attached hydrogens (tertiary/aromatic N) is 3. The molecule has 2 heterocycles. The smallest absolute Gasteiger partial charge is 0.339 e. The first-order valence-corrected chi connectivity index (χ1v) is 7.72. The maximum Gasteiger partial charge on any atom is 0.339 e. The van der Waals surface area contributed by atoms with Crippen LogP contribution in [0, 0.1) is 0 Å². The zero-order chi connectivity index (χ0) is 15.6. The van der Waals surface area contributed by atoms with Crippen LogP contribution in [0.1, 0.15) is 17.3 Å². The number of hydrogen-bond acceptors (Lipinski definition) is 6. The van der Waals surface area contributed by atoms with Crippen molar-refractivity contribution in [3.05, 3.63) is 18.0 Å². The number of fused-ring (bicyclic) bond motifs is 1. The predicted molar refractivity (Wildman–Crippen MR) is 82.9 cm³/mol. The number of anilines is 1. The monoisotopic (exact) mass is 310 g/mol. The molecule has 2 rings (SSSR count). The summed E-state index contributed by atoms with van der Waals surface area (Å²) in [6.45, 7) is 1.92. The molecule has 2 aromatic heterocycles. The number of nitrogens with one attached hydrogen (secondary N) is 1. The van der Waals surface area contributed by atoms with Crippen LogP contribution in [-0.2, 0) is 7.05 Å². The lowest BCUT2D eigenvalue weighted by Gasteiger charge is -2.23. The Bertz CT molecular complexity index is 654. The minimum atomic E-state index is -1.05. The Morgan fingerprint density at radius 3 is 2.81 bits per heavy atom. The number of carbonyl (C=O) groups is 1. The molecule has 0 radical (unpaired) electrons. The van der Waals surface area contributed by atoms with Gasteiger partial charge in [0.25, 0.3) is 0 Å². The fourth-order valence-corrected chi connectivity index (χ4v) is 2.80. The van der Waals surface area contributed by atoms with Crippen LogP contribution in [-0.4, -0.2) is 55.1 Å². The van der Waals surface area contributed by atoms with E-state index in [9.17, 15) is 15.0 Å². The Kier molecular flexibility index (Phi) is 4.69. The largest absolute Gasteiger partial charge is 0.478 e. The summed E-state index contributed by atoms with van der Waals surface area (Å²) in [7, 11) is 1.75. The van der Waals surface area contributed by atoms with Gasteiger partial charge in [0.1, 0.15) is 5.56 Å². The first-order valence-electron chi connectivity index (χ1n) is 6.43. The fraction of sp³-hybridized carbons (Fsp3) is 0.462. The van der Waals surface area contributed by atoms with Crippen molar-refractivity contribution < 1.29 is 15.0 Å². The summed E-state index contributed by atoms with van der Waals surface area (Å²) in [6.07, 6.45) is 4.83. The lowest BCUT2D eigenvalue weighted by atomic mass is 10.1. The van der Waals surface area contributed by atoms with E-state index in [0.717, 1.165) is 0 Å². The molecular formula is C13H18N4O3S. The van der Waals surface area contributed by atoms with E-state index >= 15 is 0 Å². The Labute approximate surface area is 126 Å². The van der Waals surface area contributed by atoms with Crippen LogP contribution in [0.5, 0.6) is 0 Å². The van der Waals surface area contributed by atoms with Crippen LogP contribution >= 0.6 is 11.8 Å². The maximum atomic E-state index is 11.4. The third-order valence-corrected chi connectivity index (χ3v) is 4.57. The number of rotatable bonds is 6. The zero-order valence-corrected chi connectivity index (χ0v) is 12.9. The molecule has 114 valence electrons. The minimum absolute atomic E-state index is 0.0129. The molecule has 0 aromatic carbocycles. The van der Waals surface area contributed by atoms with Crippen molar-refractivity contribution >= 4 is 34.5 Å². The van der Waals surface area contributed by atoms with E-state index in [1.54, 1.807) is 17.9 Å². The van der Waals surface area contributed by atoms with Gasteiger partial charge in [-0.15, -0.1) is 0 Å². The number of aliphatic hydroxyl groups excluding tert-OH is 1. The first-order chi connectivity index (χ1) is 9.99. The van der Waals surface area contributed by atoms with Gasteiger partial charge in [0.2, 0.25) is 0 Å². The van der Waals surface area contributed by atoms with Crippen molar-refractivity contribution in [1.29, 1.82) is 0 Å². The topological polar surface area (TPSA) is 100 Å². The molecule has 0 amide bonds. The molecule has 2 unspecified atom stereocenters. The van der Waals surface area contributed by atoms with Crippen molar-refractivity contribution in [2.24, 2.45) is 7.05 Å². The average Bonchev–Trinajstić information content (AvgIpc) is 2.82. The van der Waals surface area contributed by atoms with Crippen LogP contribution < -0.4 is 5.32 Å². The summed E-state index contributed by atoms with van der Waals surface area (Å²) in [5, 5.41) is 26.6. The third kappa shape index (κ3) is 2.96. The quantitative estimate of drug-likeness (QED) is 0.737. The van der Waals surface area contributed by atoms with Gasteiger partial charge < -0.3 is 15.5 Å². The van der Waals surface area contributed by atoms with E-state index in [1.165, 1.54) is 18.0 Å². The normalized spacial score (nSPS) is 14.1. The Morgan fingerprint density at radius 2 is 2.24 bits per heavy atom. The van der Waals surface area contributed by atoms with Gasteiger partial charge in [0.05, 0.1) is 23.9 Å². The van der Waals surface area contributed by atoms with Crippen molar-refractivity contribution in [1.82, 2.24) is 14.8 Å². The predicted octanol–water partition coefficient (Wildman–Crippen LogP) is 1.19. The van der Waals surface area contributed by atoms with Crippen LogP contribution in [0.4, 0.5) is 5.69 Å². The second-order valence-corrected chi connectivity index (χ2v) is 5.82. The number of thioether (sulfide) groups is 1. The van der Waals surface area contributed by atoms with Crippen LogP contribution in [0.25, 0.3) is 11.0 Å². The summed E-state index contributed by atoms with van der Waals surface area (Å²) in [4.78, 5) is 15.5. The molecule has 0 fully saturated rings. The van der Waals surface area contributed by atoms with Gasteiger partial charge in [0, 0.05) is 24.5 Å². The van der Waals surface area contributed by atoms with E-state index < -0.39 is 5.97 Å². The molecule has 8 heteroatoms. The van der Waals surface area contributed by atoms with Gasteiger partial charge in [-0.2, -0.15) is 16.9 Å². The lowest BCUT2D eigenvalue weighted by molar-refractivity contribution is 0.0697. The summed E-state index contributed by atoms with van der Waals surface area (Å²) < 4.78 is 1.59. The highest BCUT2D eigenvalue weighted by molar-refractivity contribution is 7.99. The summed E-state index contributed by atoms with van der Waals surface area (Å²) in [5.41, 5.74) is 1.19. The molecule has 0 bridgehead atoms. The molecule has 0 aliphatic carbocycles. The number of aliphatic hydroxyl groups is 1. The van der Waals surface area contributed by atoms with E-state index in [1.807, 2.05) is 13.2 Å². The van der Waals surface area contributed by atoms with Gasteiger partial charge in [0.15, 0.2) is 5.65 Å². The minimum Gasteiger partial charge on any atom is -0.478 e. The van der Waals surface area contributed by atoms with E-state index in [2.05, 4.69) is 15.4 Å². The number of aromatic carboxylic acids is 1. The third-order valence-electron chi connectivity index (χ3n) is 3.40. The molecule has 2 atom stereocenters.